The molecule has 174 valence electrons. The van der Waals surface area contributed by atoms with E-state index in [1.807, 2.05) is 31.2 Å². The van der Waals surface area contributed by atoms with Crippen molar-refractivity contribution in [3.8, 4) is 11.8 Å². The summed E-state index contributed by atoms with van der Waals surface area (Å²) in [5.74, 6) is 6.04. The van der Waals surface area contributed by atoms with Gasteiger partial charge < -0.3 is 10.2 Å². The quantitative estimate of drug-likeness (QED) is 0.594. The van der Waals surface area contributed by atoms with Crippen LogP contribution in [-0.4, -0.2) is 58.9 Å². The zero-order chi connectivity index (χ0) is 24.1. The Morgan fingerprint density at radius 2 is 1.88 bits per heavy atom. The number of rotatable bonds is 5. The van der Waals surface area contributed by atoms with E-state index in [4.69, 9.17) is 0 Å². The van der Waals surface area contributed by atoms with Gasteiger partial charge in [0, 0.05) is 54.9 Å². The summed E-state index contributed by atoms with van der Waals surface area (Å²) >= 11 is 0. The van der Waals surface area contributed by atoms with Crippen LogP contribution >= 0.6 is 0 Å². The van der Waals surface area contributed by atoms with E-state index in [-0.39, 0.29) is 5.91 Å². The number of likely N-dealkylation sites (N-methyl/N-ethyl adjacent to an activating group) is 1. The first-order chi connectivity index (χ1) is 16.4. The van der Waals surface area contributed by atoms with Crippen molar-refractivity contribution in [2.24, 2.45) is 0 Å². The Hall–Kier alpha value is -3.53. The number of benzene rings is 2. The minimum atomic E-state index is -0.147. The summed E-state index contributed by atoms with van der Waals surface area (Å²) < 4.78 is 0. The molecule has 1 aromatic heterocycles. The summed E-state index contributed by atoms with van der Waals surface area (Å²) in [7, 11) is 4.30. The molecule has 2 aromatic carbocycles. The van der Waals surface area contributed by atoms with Crippen molar-refractivity contribution in [1.29, 1.82) is 0 Å². The van der Waals surface area contributed by atoms with Crippen LogP contribution in [0.2, 0.25) is 0 Å². The molecule has 0 spiro atoms. The second-order valence-electron chi connectivity index (χ2n) is 9.14. The van der Waals surface area contributed by atoms with Crippen molar-refractivity contribution in [3.05, 3.63) is 88.5 Å². The van der Waals surface area contributed by atoms with Gasteiger partial charge in [-0.15, -0.1) is 0 Å². The lowest BCUT2D eigenvalue weighted by Crippen LogP contribution is -2.31. The largest absolute Gasteiger partial charge is 0.322 e. The number of hydrogen-bond donors (Lipinski definition) is 1. The number of aromatic nitrogens is 2. The molecule has 0 radical (unpaired) electrons. The molecule has 1 aliphatic rings. The van der Waals surface area contributed by atoms with Gasteiger partial charge in [0.2, 0.25) is 0 Å². The van der Waals surface area contributed by atoms with Crippen molar-refractivity contribution in [2.75, 3.05) is 32.5 Å². The molecule has 0 aliphatic carbocycles. The molecule has 1 saturated heterocycles. The topological polar surface area (TPSA) is 61.4 Å². The molecule has 0 bridgehead atoms. The number of amides is 1. The summed E-state index contributed by atoms with van der Waals surface area (Å²) in [6.07, 6.45) is 6.02. The number of anilines is 1. The highest BCUT2D eigenvalue weighted by atomic mass is 16.1. The molecule has 4 rings (SSSR count). The van der Waals surface area contributed by atoms with Crippen molar-refractivity contribution >= 4 is 11.6 Å². The number of carbonyl (C=O) groups is 1. The predicted molar refractivity (Wildman–Crippen MR) is 136 cm³/mol. The third-order valence-corrected chi connectivity index (χ3v) is 6.37. The van der Waals surface area contributed by atoms with Gasteiger partial charge in [0.05, 0.1) is 5.56 Å². The first-order valence-electron chi connectivity index (χ1n) is 11.6. The Bertz CT molecular complexity index is 1230. The van der Waals surface area contributed by atoms with Crippen LogP contribution in [0.5, 0.6) is 0 Å². The van der Waals surface area contributed by atoms with Gasteiger partial charge >= 0.3 is 0 Å². The molecule has 6 heteroatoms. The summed E-state index contributed by atoms with van der Waals surface area (Å²) in [4.78, 5) is 25.7. The van der Waals surface area contributed by atoms with Gasteiger partial charge in [0.25, 0.3) is 5.91 Å². The molecule has 3 aromatic rings. The average Bonchev–Trinajstić information content (AvgIpc) is 3.30. The van der Waals surface area contributed by atoms with Gasteiger partial charge in [-0.25, -0.2) is 9.97 Å². The van der Waals surface area contributed by atoms with Crippen molar-refractivity contribution in [3.63, 3.8) is 0 Å². The van der Waals surface area contributed by atoms with Gasteiger partial charge in [-0.1, -0.05) is 24.0 Å². The van der Waals surface area contributed by atoms with E-state index in [1.165, 1.54) is 23.9 Å². The van der Waals surface area contributed by atoms with Crippen molar-refractivity contribution < 1.29 is 4.79 Å². The lowest BCUT2D eigenvalue weighted by Gasteiger charge is -2.21. The van der Waals surface area contributed by atoms with E-state index in [0.717, 1.165) is 42.0 Å². The lowest BCUT2D eigenvalue weighted by molar-refractivity contribution is 0.102. The maximum atomic E-state index is 12.9. The Morgan fingerprint density at radius 3 is 2.59 bits per heavy atom. The summed E-state index contributed by atoms with van der Waals surface area (Å²) in [6.45, 7) is 7.25. The van der Waals surface area contributed by atoms with Crippen LogP contribution in [0.1, 0.15) is 44.6 Å². The number of hydrogen-bond acceptors (Lipinski definition) is 5. The molecular formula is C28H31N5O. The van der Waals surface area contributed by atoms with Gasteiger partial charge in [0.1, 0.15) is 6.33 Å². The second kappa shape index (κ2) is 10.6. The van der Waals surface area contributed by atoms with Crippen LogP contribution in [-0.2, 0) is 6.54 Å². The van der Waals surface area contributed by atoms with Gasteiger partial charge in [-0.2, -0.15) is 0 Å². The number of carbonyl (C=O) groups excluding carboxylic acids is 1. The van der Waals surface area contributed by atoms with Gasteiger partial charge in [0.15, 0.2) is 0 Å². The smallest absolute Gasteiger partial charge is 0.255 e. The van der Waals surface area contributed by atoms with Crippen LogP contribution in [0.3, 0.4) is 0 Å². The second-order valence-corrected chi connectivity index (χ2v) is 9.14. The Labute approximate surface area is 202 Å². The minimum Gasteiger partial charge on any atom is -0.322 e. The highest BCUT2D eigenvalue weighted by Crippen LogP contribution is 2.21. The van der Waals surface area contributed by atoms with Crippen LogP contribution in [0.4, 0.5) is 5.69 Å². The van der Waals surface area contributed by atoms with Crippen LogP contribution in [0.15, 0.2) is 55.1 Å². The molecule has 34 heavy (non-hydrogen) atoms. The monoisotopic (exact) mass is 453 g/mol. The molecule has 1 aliphatic heterocycles. The highest BCUT2D eigenvalue weighted by Gasteiger charge is 2.24. The number of nitrogens with zero attached hydrogens (tertiary/aromatic N) is 4. The maximum absolute atomic E-state index is 12.9. The summed E-state index contributed by atoms with van der Waals surface area (Å²) in [5, 5.41) is 3.03. The maximum Gasteiger partial charge on any atom is 0.255 e. The number of likely N-dealkylation sites (tertiary alicyclic amines) is 1. The normalized spacial score (nSPS) is 15.7. The van der Waals surface area contributed by atoms with E-state index < -0.39 is 0 Å². The fourth-order valence-electron chi connectivity index (χ4n) is 4.17. The standard InChI is InChI=1S/C28H31N5O/c1-20-5-7-24(14-23(20)8-6-22-15-29-19-30-16-22)28(34)31-26-10-9-25(21(2)13-26)17-33-12-11-27(18-33)32(3)4/h5,7,9-10,13-16,19,27H,11-12,17-18H2,1-4H3,(H,31,34)/t27-/m1/s1. The first-order valence-corrected chi connectivity index (χ1v) is 11.6. The highest BCUT2D eigenvalue weighted by molar-refractivity contribution is 6.04. The Kier molecular flexibility index (Phi) is 7.36. The Balaban J connectivity index is 1.43. The van der Waals surface area contributed by atoms with Gasteiger partial charge in [-0.05, 0) is 75.3 Å². The fraction of sp³-hybridized carbons (Fsp3) is 0.321. The first kappa shape index (κ1) is 23.6. The van der Waals surface area contributed by atoms with E-state index in [2.05, 4.69) is 70.1 Å². The molecule has 6 nitrogen and oxygen atoms in total. The third-order valence-electron chi connectivity index (χ3n) is 6.37. The molecule has 1 atom stereocenters. The minimum absolute atomic E-state index is 0.147. The zero-order valence-electron chi connectivity index (χ0n) is 20.3. The van der Waals surface area contributed by atoms with Crippen molar-refractivity contribution in [1.82, 2.24) is 19.8 Å². The number of nitrogens with one attached hydrogen (secondary N) is 1. The molecule has 0 unspecified atom stereocenters. The van der Waals surface area contributed by atoms with Crippen LogP contribution in [0.25, 0.3) is 0 Å². The molecular weight excluding hydrogens is 422 g/mol. The lowest BCUT2D eigenvalue weighted by atomic mass is 10.0. The predicted octanol–water partition coefficient (Wildman–Crippen LogP) is 3.88. The van der Waals surface area contributed by atoms with E-state index in [1.54, 1.807) is 12.4 Å². The average molecular weight is 454 g/mol. The molecule has 1 N–H and O–H groups in total. The van der Waals surface area contributed by atoms with Crippen LogP contribution in [0, 0.1) is 25.7 Å². The van der Waals surface area contributed by atoms with Crippen molar-refractivity contribution in [2.45, 2.75) is 32.9 Å². The Morgan fingerprint density at radius 1 is 1.09 bits per heavy atom. The number of aryl methyl sites for hydroxylation is 2. The van der Waals surface area contributed by atoms with E-state index in [0.29, 0.717) is 11.6 Å². The molecule has 1 fully saturated rings. The fourth-order valence-corrected chi connectivity index (χ4v) is 4.17. The summed E-state index contributed by atoms with van der Waals surface area (Å²) in [5.41, 5.74) is 6.42. The molecule has 0 saturated carbocycles. The molecule has 2 heterocycles. The van der Waals surface area contributed by atoms with Crippen LogP contribution < -0.4 is 5.32 Å². The third kappa shape index (κ3) is 5.88. The molecule has 1 amide bonds. The van der Waals surface area contributed by atoms with E-state index >= 15 is 0 Å². The zero-order valence-corrected chi connectivity index (χ0v) is 20.3. The van der Waals surface area contributed by atoms with E-state index in [9.17, 15) is 4.79 Å². The van der Waals surface area contributed by atoms with Gasteiger partial charge in [-0.3, -0.25) is 9.69 Å². The summed E-state index contributed by atoms with van der Waals surface area (Å²) in [6, 6.07) is 12.4. The SMILES string of the molecule is Cc1ccc(C(=O)Nc2ccc(CN3CC[C@@H](N(C)C)C3)c(C)c2)cc1C#Cc1cncnc1.